The van der Waals surface area contributed by atoms with Gasteiger partial charge in [0.1, 0.15) is 5.75 Å². The second-order valence-corrected chi connectivity index (χ2v) is 7.22. The molecule has 0 amide bonds. The van der Waals surface area contributed by atoms with E-state index in [-0.39, 0.29) is 5.97 Å². The zero-order chi connectivity index (χ0) is 20.7. The Balaban J connectivity index is 1.52. The van der Waals surface area contributed by atoms with Crippen molar-refractivity contribution in [3.05, 3.63) is 54.1 Å². The monoisotopic (exact) mass is 393 g/mol. The quantitative estimate of drug-likeness (QED) is 0.296. The van der Waals surface area contributed by atoms with Gasteiger partial charge in [-0.25, -0.2) is 0 Å². The summed E-state index contributed by atoms with van der Waals surface area (Å²) in [6, 6.07) is 17.8. The summed E-state index contributed by atoms with van der Waals surface area (Å²) in [5, 5.41) is 8.87. The number of nitrogens with zero attached hydrogens (tertiary/aromatic N) is 1. The average molecular weight is 394 g/mol. The third kappa shape index (κ3) is 8.83. The van der Waals surface area contributed by atoms with E-state index in [4.69, 9.17) is 10.00 Å². The molecule has 154 valence electrons. The number of hydrogen-bond acceptors (Lipinski definition) is 4. The first kappa shape index (κ1) is 22.5. The fraction of sp³-hybridized carbons (Fsp3) is 0.440. The average Bonchev–Trinajstić information content (AvgIpc) is 2.77. The Bertz CT molecular complexity index is 760. The van der Waals surface area contributed by atoms with Gasteiger partial charge >= 0.3 is 5.97 Å². The van der Waals surface area contributed by atoms with Gasteiger partial charge in [0.25, 0.3) is 0 Å². The lowest BCUT2D eigenvalue weighted by Crippen LogP contribution is -1.99. The van der Waals surface area contributed by atoms with Gasteiger partial charge in [-0.1, -0.05) is 62.8 Å². The van der Waals surface area contributed by atoms with Gasteiger partial charge < -0.3 is 9.47 Å². The van der Waals surface area contributed by atoms with Crippen LogP contribution in [0.15, 0.2) is 48.5 Å². The molecule has 0 saturated heterocycles. The van der Waals surface area contributed by atoms with Crippen molar-refractivity contribution in [2.24, 2.45) is 0 Å². The summed E-state index contributed by atoms with van der Waals surface area (Å²) >= 11 is 0. The Morgan fingerprint density at radius 2 is 1.31 bits per heavy atom. The smallest absolute Gasteiger partial charge is 0.305 e. The van der Waals surface area contributed by atoms with Gasteiger partial charge in [-0.2, -0.15) is 5.26 Å². The van der Waals surface area contributed by atoms with Crippen LogP contribution in [0.5, 0.6) is 5.75 Å². The fourth-order valence-electron chi connectivity index (χ4n) is 3.20. The van der Waals surface area contributed by atoms with Gasteiger partial charge in [0.2, 0.25) is 0 Å². The van der Waals surface area contributed by atoms with E-state index < -0.39 is 0 Å². The molecule has 0 saturated carbocycles. The van der Waals surface area contributed by atoms with Crippen molar-refractivity contribution >= 4 is 5.97 Å². The number of benzene rings is 2. The van der Waals surface area contributed by atoms with Crippen LogP contribution in [0.3, 0.4) is 0 Å². The van der Waals surface area contributed by atoms with E-state index in [1.165, 1.54) is 39.2 Å². The van der Waals surface area contributed by atoms with Gasteiger partial charge in [-0.15, -0.1) is 0 Å². The minimum absolute atomic E-state index is 0.103. The molecule has 0 unspecified atom stereocenters. The van der Waals surface area contributed by atoms with Crippen LogP contribution in [-0.4, -0.2) is 19.7 Å². The third-order valence-corrected chi connectivity index (χ3v) is 4.97. The first-order chi connectivity index (χ1) is 14.2. The van der Waals surface area contributed by atoms with Crippen molar-refractivity contribution in [3.8, 4) is 22.9 Å². The first-order valence-corrected chi connectivity index (χ1v) is 10.5. The van der Waals surface area contributed by atoms with Gasteiger partial charge in [0, 0.05) is 6.42 Å². The topological polar surface area (TPSA) is 59.3 Å². The maximum absolute atomic E-state index is 11.0. The lowest BCUT2D eigenvalue weighted by atomic mass is 10.0. The second-order valence-electron chi connectivity index (χ2n) is 7.22. The van der Waals surface area contributed by atoms with Crippen molar-refractivity contribution in [2.45, 2.75) is 57.8 Å². The Morgan fingerprint density at radius 1 is 0.793 bits per heavy atom. The molecule has 0 atom stereocenters. The Morgan fingerprint density at radius 3 is 1.86 bits per heavy atom. The van der Waals surface area contributed by atoms with Crippen molar-refractivity contribution in [1.82, 2.24) is 0 Å². The van der Waals surface area contributed by atoms with E-state index in [0.717, 1.165) is 42.7 Å². The Kier molecular flexibility index (Phi) is 10.4. The van der Waals surface area contributed by atoms with Crippen LogP contribution in [0.1, 0.15) is 63.4 Å². The molecule has 29 heavy (non-hydrogen) atoms. The molecular formula is C25H31NO3. The molecule has 2 aromatic carbocycles. The lowest BCUT2D eigenvalue weighted by Gasteiger charge is -2.08. The summed E-state index contributed by atoms with van der Waals surface area (Å²) in [4.78, 5) is 11.0. The normalized spacial score (nSPS) is 10.3. The van der Waals surface area contributed by atoms with Crippen LogP contribution in [0, 0.1) is 11.3 Å². The summed E-state index contributed by atoms with van der Waals surface area (Å²) < 4.78 is 10.5. The highest BCUT2D eigenvalue weighted by Crippen LogP contribution is 2.23. The van der Waals surface area contributed by atoms with E-state index in [9.17, 15) is 4.79 Å². The summed E-state index contributed by atoms with van der Waals surface area (Å²) in [5.74, 6) is 0.793. The highest BCUT2D eigenvalue weighted by atomic mass is 16.5. The maximum atomic E-state index is 11.0. The lowest BCUT2D eigenvalue weighted by molar-refractivity contribution is -0.140. The summed E-state index contributed by atoms with van der Waals surface area (Å²) in [5.41, 5.74) is 2.89. The third-order valence-electron chi connectivity index (χ3n) is 4.97. The van der Waals surface area contributed by atoms with E-state index in [2.05, 4.69) is 22.9 Å². The van der Waals surface area contributed by atoms with Crippen LogP contribution >= 0.6 is 0 Å². The molecule has 4 nitrogen and oxygen atoms in total. The molecular weight excluding hydrogens is 362 g/mol. The molecule has 0 aliphatic heterocycles. The second kappa shape index (κ2) is 13.4. The van der Waals surface area contributed by atoms with E-state index >= 15 is 0 Å². The molecule has 0 radical (unpaired) electrons. The van der Waals surface area contributed by atoms with Crippen LogP contribution in [0.25, 0.3) is 11.1 Å². The highest BCUT2D eigenvalue weighted by Gasteiger charge is 2.01. The summed E-state index contributed by atoms with van der Waals surface area (Å²) in [7, 11) is 1.44. The number of hydrogen-bond donors (Lipinski definition) is 0. The molecule has 0 aromatic heterocycles. The fourth-order valence-corrected chi connectivity index (χ4v) is 3.20. The predicted molar refractivity (Wildman–Crippen MR) is 116 cm³/mol. The summed E-state index contributed by atoms with van der Waals surface area (Å²) in [6.45, 7) is 0.745. The number of ether oxygens (including phenoxy) is 2. The van der Waals surface area contributed by atoms with Crippen molar-refractivity contribution < 1.29 is 14.3 Å². The van der Waals surface area contributed by atoms with Crippen molar-refractivity contribution in [1.29, 1.82) is 5.26 Å². The molecule has 0 heterocycles. The minimum Gasteiger partial charge on any atom is -0.494 e. The van der Waals surface area contributed by atoms with E-state index in [1.54, 1.807) is 0 Å². The molecule has 0 aliphatic carbocycles. The number of methoxy groups -OCH3 is 1. The largest absolute Gasteiger partial charge is 0.494 e. The predicted octanol–water partition coefficient (Wildman–Crippen LogP) is 6.29. The van der Waals surface area contributed by atoms with Gasteiger partial charge in [-0.3, -0.25) is 4.79 Å². The molecule has 0 aliphatic rings. The zero-order valence-corrected chi connectivity index (χ0v) is 17.4. The minimum atomic E-state index is -0.103. The van der Waals surface area contributed by atoms with Gasteiger partial charge in [0.05, 0.1) is 25.3 Å². The van der Waals surface area contributed by atoms with Crippen LogP contribution in [0.2, 0.25) is 0 Å². The van der Waals surface area contributed by atoms with Crippen LogP contribution < -0.4 is 4.74 Å². The molecule has 2 rings (SSSR count). The number of carbonyl (C=O) groups excluding carboxylic acids is 1. The SMILES string of the molecule is COC(=O)CCCCCCCCCCOc1ccc(-c2ccc(C#N)cc2)cc1. The van der Waals surface area contributed by atoms with E-state index in [0.29, 0.717) is 12.0 Å². The molecule has 0 fully saturated rings. The number of carbonyl (C=O) groups is 1. The maximum Gasteiger partial charge on any atom is 0.305 e. The first-order valence-electron chi connectivity index (χ1n) is 10.5. The van der Waals surface area contributed by atoms with Crippen LogP contribution in [0.4, 0.5) is 0 Å². The number of unbranched alkanes of at least 4 members (excludes halogenated alkanes) is 7. The van der Waals surface area contributed by atoms with Gasteiger partial charge in [-0.05, 0) is 48.2 Å². The molecule has 0 bridgehead atoms. The van der Waals surface area contributed by atoms with Crippen molar-refractivity contribution in [3.63, 3.8) is 0 Å². The van der Waals surface area contributed by atoms with Gasteiger partial charge in [0.15, 0.2) is 0 Å². The molecule has 4 heteroatoms. The Hall–Kier alpha value is -2.80. The molecule has 0 spiro atoms. The number of rotatable bonds is 13. The highest BCUT2D eigenvalue weighted by molar-refractivity contribution is 5.69. The molecule has 0 N–H and O–H groups in total. The zero-order valence-electron chi connectivity index (χ0n) is 17.4. The summed E-state index contributed by atoms with van der Waals surface area (Å²) in [6.07, 6.45) is 9.75. The number of nitriles is 1. The number of esters is 1. The van der Waals surface area contributed by atoms with Crippen LogP contribution in [-0.2, 0) is 9.53 Å². The Labute approximate surface area is 174 Å². The standard InChI is InChI=1S/C25H31NO3/c1-28-25(27)10-8-6-4-2-3-5-7-9-19-29-24-17-15-23(16-18-24)22-13-11-21(20-26)12-14-22/h11-18H,2-10,19H2,1H3. The molecule has 2 aromatic rings. The van der Waals surface area contributed by atoms with E-state index in [1.807, 2.05) is 36.4 Å². The van der Waals surface area contributed by atoms with Crippen molar-refractivity contribution in [2.75, 3.05) is 13.7 Å².